The van der Waals surface area contributed by atoms with Gasteiger partial charge < -0.3 is 9.47 Å². The van der Waals surface area contributed by atoms with Crippen LogP contribution in [0.2, 0.25) is 0 Å². The van der Waals surface area contributed by atoms with Crippen molar-refractivity contribution in [3.63, 3.8) is 0 Å². The Hall–Kier alpha value is -2.73. The maximum atomic E-state index is 13.4. The minimum Gasteiger partial charge on any atom is -0.497 e. The van der Waals surface area contributed by atoms with E-state index in [4.69, 9.17) is 9.47 Å². The Morgan fingerprint density at radius 3 is 2.29 bits per heavy atom. The number of hydrogen-bond donors (Lipinski definition) is 0. The van der Waals surface area contributed by atoms with Gasteiger partial charge in [-0.25, -0.2) is 4.90 Å². The molecule has 28 heavy (non-hydrogen) atoms. The molecule has 2 aromatic rings. The molecule has 0 N–H and O–H groups in total. The van der Waals surface area contributed by atoms with Crippen molar-refractivity contribution < 1.29 is 19.1 Å². The molecule has 2 aromatic carbocycles. The van der Waals surface area contributed by atoms with E-state index in [-0.39, 0.29) is 11.8 Å². The van der Waals surface area contributed by atoms with Crippen molar-refractivity contribution in [1.82, 2.24) is 0 Å². The molecule has 0 aliphatic carbocycles. The number of carbonyl (C=O) groups excluding carboxylic acids is 2. The van der Waals surface area contributed by atoms with Crippen LogP contribution in [0.25, 0.3) is 5.57 Å². The minimum atomic E-state index is -0.351. The smallest absolute Gasteiger partial charge is 0.272 e. The zero-order valence-corrected chi connectivity index (χ0v) is 17.5. The molecule has 1 heterocycles. The molecule has 0 aromatic heterocycles. The fraction of sp³-hybridized carbons (Fsp3) is 0.273. The van der Waals surface area contributed by atoms with Gasteiger partial charge in [-0.05, 0) is 48.4 Å². The predicted octanol–water partition coefficient (Wildman–Crippen LogP) is 4.36. The van der Waals surface area contributed by atoms with Gasteiger partial charge in [-0.2, -0.15) is 0 Å². The maximum absolute atomic E-state index is 13.4. The number of thioether (sulfide) groups is 1. The molecule has 1 aliphatic heterocycles. The lowest BCUT2D eigenvalue weighted by Gasteiger charge is -2.19. The molecule has 0 fully saturated rings. The minimum absolute atomic E-state index is 0.336. The monoisotopic (exact) mass is 397 g/mol. The van der Waals surface area contributed by atoms with Crippen LogP contribution < -0.4 is 14.4 Å². The molecular formula is C22H23NO4S. The van der Waals surface area contributed by atoms with Gasteiger partial charge in [0.05, 0.1) is 30.4 Å². The van der Waals surface area contributed by atoms with Gasteiger partial charge in [-0.3, -0.25) is 9.59 Å². The third kappa shape index (κ3) is 3.40. The Morgan fingerprint density at radius 1 is 0.929 bits per heavy atom. The third-order valence-corrected chi connectivity index (χ3v) is 5.71. The number of nitrogens with zero attached hydrogens (tertiary/aromatic N) is 1. The quantitative estimate of drug-likeness (QED) is 0.678. The number of amides is 2. The van der Waals surface area contributed by atoms with E-state index in [1.165, 1.54) is 30.9 Å². The van der Waals surface area contributed by atoms with E-state index >= 15 is 0 Å². The number of rotatable bonds is 6. The summed E-state index contributed by atoms with van der Waals surface area (Å²) in [7, 11) is 3.05. The highest BCUT2D eigenvalue weighted by molar-refractivity contribution is 8.04. The molecule has 0 saturated heterocycles. The first-order valence-corrected chi connectivity index (χ1v) is 9.97. The first kappa shape index (κ1) is 20.0. The van der Waals surface area contributed by atoms with E-state index in [2.05, 4.69) is 0 Å². The van der Waals surface area contributed by atoms with Gasteiger partial charge in [0.15, 0.2) is 0 Å². The molecule has 5 nitrogen and oxygen atoms in total. The second-order valence-electron chi connectivity index (χ2n) is 6.42. The summed E-state index contributed by atoms with van der Waals surface area (Å²) in [4.78, 5) is 28.3. The van der Waals surface area contributed by atoms with Gasteiger partial charge in [0.2, 0.25) is 0 Å². The molecule has 0 bridgehead atoms. The SMILES string of the molecule is CCSC1=C(c2ccc(C)c(C)c2)C(=O)N(c2cc(OC)ccc2OC)C1=O. The van der Waals surface area contributed by atoms with E-state index in [0.717, 1.165) is 16.7 Å². The molecule has 6 heteroatoms. The van der Waals surface area contributed by atoms with Crippen molar-refractivity contribution in [3.8, 4) is 11.5 Å². The molecule has 146 valence electrons. The van der Waals surface area contributed by atoms with Gasteiger partial charge in [-0.15, -0.1) is 11.8 Å². The molecule has 3 rings (SSSR count). The molecule has 2 amide bonds. The van der Waals surface area contributed by atoms with Crippen molar-refractivity contribution in [2.24, 2.45) is 0 Å². The summed E-state index contributed by atoms with van der Waals surface area (Å²) in [5.74, 6) is 0.976. The number of aryl methyl sites for hydroxylation is 2. The topological polar surface area (TPSA) is 55.8 Å². The summed E-state index contributed by atoms with van der Waals surface area (Å²) in [6.07, 6.45) is 0. The molecular weight excluding hydrogens is 374 g/mol. The van der Waals surface area contributed by atoms with Crippen molar-refractivity contribution >= 4 is 34.8 Å². The number of methoxy groups -OCH3 is 2. The van der Waals surface area contributed by atoms with Crippen LogP contribution in [0.3, 0.4) is 0 Å². The van der Waals surface area contributed by atoms with Crippen molar-refractivity contribution in [2.75, 3.05) is 24.9 Å². The fourth-order valence-electron chi connectivity index (χ4n) is 3.13. The molecule has 0 saturated carbocycles. The van der Waals surface area contributed by atoms with Crippen molar-refractivity contribution in [1.29, 1.82) is 0 Å². The molecule has 0 atom stereocenters. The lowest BCUT2D eigenvalue weighted by atomic mass is 10.0. The van der Waals surface area contributed by atoms with Crippen LogP contribution in [-0.2, 0) is 9.59 Å². The Kier molecular flexibility index (Phi) is 5.79. The Balaban J connectivity index is 2.15. The van der Waals surface area contributed by atoms with Crippen molar-refractivity contribution in [2.45, 2.75) is 20.8 Å². The van der Waals surface area contributed by atoms with Gasteiger partial charge >= 0.3 is 0 Å². The van der Waals surface area contributed by atoms with Crippen LogP contribution in [0.4, 0.5) is 5.69 Å². The number of carbonyl (C=O) groups is 2. The van der Waals surface area contributed by atoms with Crippen LogP contribution >= 0.6 is 11.8 Å². The normalized spacial score (nSPS) is 14.1. The Bertz CT molecular complexity index is 980. The maximum Gasteiger partial charge on any atom is 0.272 e. The molecule has 1 aliphatic rings. The van der Waals surface area contributed by atoms with Gasteiger partial charge in [0, 0.05) is 6.07 Å². The first-order chi connectivity index (χ1) is 13.4. The summed E-state index contributed by atoms with van der Waals surface area (Å²) in [6.45, 7) is 5.97. The summed E-state index contributed by atoms with van der Waals surface area (Å²) in [5, 5.41) is 0. The van der Waals surface area contributed by atoms with Crippen LogP contribution in [0.15, 0.2) is 41.3 Å². The number of benzene rings is 2. The van der Waals surface area contributed by atoms with Crippen LogP contribution in [-0.4, -0.2) is 31.8 Å². The standard InChI is InChI=1S/C22H23NO4S/c1-6-28-20-19(15-8-7-13(2)14(3)11-15)21(24)23(22(20)25)17-12-16(26-4)9-10-18(17)27-5/h7-12H,6H2,1-5H3. The second-order valence-corrected chi connectivity index (χ2v) is 7.69. The molecule has 0 unspecified atom stereocenters. The predicted molar refractivity (Wildman–Crippen MR) is 113 cm³/mol. The number of anilines is 1. The summed E-state index contributed by atoms with van der Waals surface area (Å²) < 4.78 is 10.7. The van der Waals surface area contributed by atoms with Crippen LogP contribution in [0, 0.1) is 13.8 Å². The highest BCUT2D eigenvalue weighted by atomic mass is 32.2. The number of hydrogen-bond acceptors (Lipinski definition) is 5. The average Bonchev–Trinajstić information content (AvgIpc) is 2.93. The van der Waals surface area contributed by atoms with E-state index in [9.17, 15) is 9.59 Å². The van der Waals surface area contributed by atoms with E-state index < -0.39 is 0 Å². The summed E-state index contributed by atoms with van der Waals surface area (Å²) in [5.41, 5.74) is 3.78. The van der Waals surface area contributed by atoms with Gasteiger partial charge in [0.1, 0.15) is 11.5 Å². The highest BCUT2D eigenvalue weighted by Crippen LogP contribution is 2.42. The van der Waals surface area contributed by atoms with E-state index in [1.807, 2.05) is 39.0 Å². The zero-order valence-electron chi connectivity index (χ0n) is 16.7. The van der Waals surface area contributed by atoms with Crippen molar-refractivity contribution in [3.05, 3.63) is 58.0 Å². The highest BCUT2D eigenvalue weighted by Gasteiger charge is 2.41. The average molecular weight is 397 g/mol. The lowest BCUT2D eigenvalue weighted by molar-refractivity contribution is -0.119. The van der Waals surface area contributed by atoms with Crippen LogP contribution in [0.1, 0.15) is 23.6 Å². The van der Waals surface area contributed by atoms with Gasteiger partial charge in [0.25, 0.3) is 11.8 Å². The third-order valence-electron chi connectivity index (χ3n) is 4.75. The largest absolute Gasteiger partial charge is 0.497 e. The summed E-state index contributed by atoms with van der Waals surface area (Å²) >= 11 is 1.38. The molecule has 0 spiro atoms. The summed E-state index contributed by atoms with van der Waals surface area (Å²) in [6, 6.07) is 10.9. The number of ether oxygens (including phenoxy) is 2. The zero-order chi connectivity index (χ0) is 20.4. The fourth-order valence-corrected chi connectivity index (χ4v) is 3.98. The first-order valence-electron chi connectivity index (χ1n) is 8.98. The van der Waals surface area contributed by atoms with E-state index in [0.29, 0.717) is 33.4 Å². The molecule has 0 radical (unpaired) electrons. The van der Waals surface area contributed by atoms with Gasteiger partial charge in [-0.1, -0.05) is 25.1 Å². The Labute approximate surface area is 169 Å². The number of imide groups is 1. The lowest BCUT2D eigenvalue weighted by Crippen LogP contribution is -2.31. The van der Waals surface area contributed by atoms with Crippen LogP contribution in [0.5, 0.6) is 11.5 Å². The van der Waals surface area contributed by atoms with E-state index in [1.54, 1.807) is 18.2 Å². The Morgan fingerprint density at radius 2 is 1.68 bits per heavy atom. The second kappa shape index (κ2) is 8.10.